The van der Waals surface area contributed by atoms with Gasteiger partial charge in [0.1, 0.15) is 11.6 Å². The Morgan fingerprint density at radius 2 is 1.73 bits per heavy atom. The SMILES string of the molecule is COc1ccc(CCNc2cc(C)nc(N(C)c3ccccc3)n2)cc1. The minimum Gasteiger partial charge on any atom is -0.497 e. The second-order valence-corrected chi connectivity index (χ2v) is 6.11. The Morgan fingerprint density at radius 3 is 2.42 bits per heavy atom. The van der Waals surface area contributed by atoms with Crippen LogP contribution in [0.1, 0.15) is 11.3 Å². The summed E-state index contributed by atoms with van der Waals surface area (Å²) in [5.41, 5.74) is 3.25. The first-order chi connectivity index (χ1) is 12.7. The second kappa shape index (κ2) is 8.34. The predicted octanol–water partition coefficient (Wildman–Crippen LogP) is 4.22. The maximum atomic E-state index is 5.19. The van der Waals surface area contributed by atoms with Gasteiger partial charge in [-0.25, -0.2) is 4.98 Å². The number of nitrogens with one attached hydrogen (secondary N) is 1. The van der Waals surface area contributed by atoms with E-state index < -0.39 is 0 Å². The predicted molar refractivity (Wildman–Crippen MR) is 106 cm³/mol. The number of benzene rings is 2. The van der Waals surface area contributed by atoms with Crippen LogP contribution in [0.3, 0.4) is 0 Å². The van der Waals surface area contributed by atoms with Crippen molar-refractivity contribution in [2.75, 3.05) is 30.9 Å². The molecule has 0 radical (unpaired) electrons. The van der Waals surface area contributed by atoms with Crippen LogP contribution in [0.2, 0.25) is 0 Å². The monoisotopic (exact) mass is 348 g/mol. The lowest BCUT2D eigenvalue weighted by atomic mass is 10.1. The largest absolute Gasteiger partial charge is 0.497 e. The number of ether oxygens (including phenoxy) is 1. The van der Waals surface area contributed by atoms with Crippen molar-refractivity contribution in [3.8, 4) is 5.75 Å². The number of para-hydroxylation sites is 1. The molecule has 0 spiro atoms. The highest BCUT2D eigenvalue weighted by Gasteiger charge is 2.09. The third-order valence-electron chi connectivity index (χ3n) is 4.16. The summed E-state index contributed by atoms with van der Waals surface area (Å²) in [6.45, 7) is 2.79. The first kappa shape index (κ1) is 17.7. The summed E-state index contributed by atoms with van der Waals surface area (Å²) in [6, 6.07) is 20.2. The van der Waals surface area contributed by atoms with Crippen LogP contribution in [-0.4, -0.2) is 30.7 Å². The molecule has 0 saturated heterocycles. The van der Waals surface area contributed by atoms with Gasteiger partial charge in [-0.1, -0.05) is 30.3 Å². The van der Waals surface area contributed by atoms with Crippen molar-refractivity contribution in [1.82, 2.24) is 9.97 Å². The number of aromatic nitrogens is 2. The Kier molecular flexibility index (Phi) is 5.69. The van der Waals surface area contributed by atoms with E-state index in [1.165, 1.54) is 5.56 Å². The van der Waals surface area contributed by atoms with Crippen molar-refractivity contribution in [3.63, 3.8) is 0 Å². The maximum Gasteiger partial charge on any atom is 0.231 e. The molecule has 5 nitrogen and oxygen atoms in total. The number of methoxy groups -OCH3 is 1. The highest BCUT2D eigenvalue weighted by atomic mass is 16.5. The van der Waals surface area contributed by atoms with Crippen molar-refractivity contribution in [1.29, 1.82) is 0 Å². The number of anilines is 3. The molecule has 0 aliphatic rings. The van der Waals surface area contributed by atoms with E-state index in [0.717, 1.165) is 35.9 Å². The Hall–Kier alpha value is -3.08. The first-order valence-electron chi connectivity index (χ1n) is 8.67. The molecule has 2 aromatic carbocycles. The van der Waals surface area contributed by atoms with Crippen LogP contribution in [0.25, 0.3) is 0 Å². The number of aryl methyl sites for hydroxylation is 1. The van der Waals surface area contributed by atoms with Crippen molar-refractivity contribution in [3.05, 3.63) is 71.9 Å². The van der Waals surface area contributed by atoms with E-state index in [-0.39, 0.29) is 0 Å². The topological polar surface area (TPSA) is 50.3 Å². The average Bonchev–Trinajstić information content (AvgIpc) is 2.68. The molecule has 1 heterocycles. The summed E-state index contributed by atoms with van der Waals surface area (Å²) >= 11 is 0. The third-order valence-corrected chi connectivity index (χ3v) is 4.16. The van der Waals surface area contributed by atoms with Crippen LogP contribution < -0.4 is 15.0 Å². The van der Waals surface area contributed by atoms with Crippen molar-refractivity contribution >= 4 is 17.5 Å². The molecule has 1 aromatic heterocycles. The Morgan fingerprint density at radius 1 is 1.00 bits per heavy atom. The second-order valence-electron chi connectivity index (χ2n) is 6.11. The van der Waals surface area contributed by atoms with E-state index in [4.69, 9.17) is 4.74 Å². The Bertz CT molecular complexity index is 834. The lowest BCUT2D eigenvalue weighted by molar-refractivity contribution is 0.414. The van der Waals surface area contributed by atoms with Gasteiger partial charge in [-0.3, -0.25) is 0 Å². The van der Waals surface area contributed by atoms with Gasteiger partial charge in [0.05, 0.1) is 7.11 Å². The molecule has 26 heavy (non-hydrogen) atoms. The summed E-state index contributed by atoms with van der Waals surface area (Å²) in [5.74, 6) is 2.40. The molecule has 3 rings (SSSR count). The molecular weight excluding hydrogens is 324 g/mol. The molecule has 0 fully saturated rings. The van der Waals surface area contributed by atoms with E-state index in [0.29, 0.717) is 5.95 Å². The lowest BCUT2D eigenvalue weighted by Gasteiger charge is -2.18. The Balaban J connectivity index is 1.65. The van der Waals surface area contributed by atoms with Crippen LogP contribution >= 0.6 is 0 Å². The molecule has 0 saturated carbocycles. The molecule has 0 amide bonds. The van der Waals surface area contributed by atoms with Gasteiger partial charge in [0.15, 0.2) is 0 Å². The molecule has 0 unspecified atom stereocenters. The van der Waals surface area contributed by atoms with Crippen molar-refractivity contribution in [2.45, 2.75) is 13.3 Å². The minimum atomic E-state index is 0.683. The van der Waals surface area contributed by atoms with E-state index in [9.17, 15) is 0 Å². The van der Waals surface area contributed by atoms with Gasteiger partial charge in [-0.15, -0.1) is 0 Å². The van der Waals surface area contributed by atoms with Gasteiger partial charge in [-0.05, 0) is 43.2 Å². The van der Waals surface area contributed by atoms with Gasteiger partial charge in [-0.2, -0.15) is 4.98 Å². The van der Waals surface area contributed by atoms with Gasteiger partial charge in [0, 0.05) is 31.0 Å². The maximum absolute atomic E-state index is 5.19. The molecule has 3 aromatic rings. The van der Waals surface area contributed by atoms with E-state index >= 15 is 0 Å². The number of hydrogen-bond donors (Lipinski definition) is 1. The number of rotatable bonds is 7. The highest BCUT2D eigenvalue weighted by Crippen LogP contribution is 2.21. The standard InChI is InChI=1S/C21H24N4O/c1-16-15-20(22-14-13-17-9-11-19(26-3)12-10-17)24-21(23-16)25(2)18-7-5-4-6-8-18/h4-12,15H,13-14H2,1-3H3,(H,22,23,24). The lowest BCUT2D eigenvalue weighted by Crippen LogP contribution is -2.15. The van der Waals surface area contributed by atoms with Gasteiger partial charge < -0.3 is 15.0 Å². The zero-order valence-corrected chi connectivity index (χ0v) is 15.4. The smallest absolute Gasteiger partial charge is 0.231 e. The molecule has 134 valence electrons. The fourth-order valence-electron chi connectivity index (χ4n) is 2.69. The van der Waals surface area contributed by atoms with Gasteiger partial charge >= 0.3 is 0 Å². The summed E-state index contributed by atoms with van der Waals surface area (Å²) in [4.78, 5) is 11.2. The van der Waals surface area contributed by atoms with Crippen LogP contribution in [0.5, 0.6) is 5.75 Å². The fraction of sp³-hybridized carbons (Fsp3) is 0.238. The van der Waals surface area contributed by atoms with Crippen LogP contribution in [0.4, 0.5) is 17.5 Å². The number of nitrogens with zero attached hydrogens (tertiary/aromatic N) is 3. The normalized spacial score (nSPS) is 10.4. The molecule has 1 N–H and O–H groups in total. The molecule has 0 bridgehead atoms. The summed E-state index contributed by atoms with van der Waals surface area (Å²) < 4.78 is 5.19. The molecule has 0 aliphatic carbocycles. The third kappa shape index (κ3) is 4.51. The van der Waals surface area contributed by atoms with Crippen LogP contribution in [-0.2, 0) is 6.42 Å². The summed E-state index contributed by atoms with van der Waals surface area (Å²) in [6.07, 6.45) is 0.914. The first-order valence-corrected chi connectivity index (χ1v) is 8.67. The van der Waals surface area contributed by atoms with Gasteiger partial charge in [0.25, 0.3) is 0 Å². The molecule has 5 heteroatoms. The van der Waals surface area contributed by atoms with Crippen LogP contribution in [0, 0.1) is 6.92 Å². The van der Waals surface area contributed by atoms with Crippen molar-refractivity contribution < 1.29 is 4.74 Å². The summed E-state index contributed by atoms with van der Waals surface area (Å²) in [7, 11) is 3.66. The zero-order valence-electron chi connectivity index (χ0n) is 15.4. The molecular formula is C21H24N4O. The average molecular weight is 348 g/mol. The molecule has 0 aliphatic heterocycles. The van der Waals surface area contributed by atoms with E-state index in [1.54, 1.807) is 7.11 Å². The van der Waals surface area contributed by atoms with E-state index in [1.807, 2.05) is 67.4 Å². The number of hydrogen-bond acceptors (Lipinski definition) is 5. The summed E-state index contributed by atoms with van der Waals surface area (Å²) in [5, 5.41) is 3.40. The fourth-order valence-corrected chi connectivity index (χ4v) is 2.69. The minimum absolute atomic E-state index is 0.683. The van der Waals surface area contributed by atoms with Crippen molar-refractivity contribution in [2.24, 2.45) is 0 Å². The Labute approximate surface area is 154 Å². The quantitative estimate of drug-likeness (QED) is 0.693. The van der Waals surface area contributed by atoms with Gasteiger partial charge in [0.2, 0.25) is 5.95 Å². The van der Waals surface area contributed by atoms with E-state index in [2.05, 4.69) is 27.4 Å². The zero-order chi connectivity index (χ0) is 18.4. The van der Waals surface area contributed by atoms with Crippen LogP contribution in [0.15, 0.2) is 60.7 Å². The highest BCUT2D eigenvalue weighted by molar-refractivity contribution is 5.57. The molecule has 0 atom stereocenters.